The normalized spacial score (nSPS) is 19.2. The summed E-state index contributed by atoms with van der Waals surface area (Å²) < 4.78 is 46.0. The van der Waals surface area contributed by atoms with Crippen LogP contribution >= 0.6 is 11.6 Å². The number of anilines is 1. The molecule has 1 saturated carbocycles. The van der Waals surface area contributed by atoms with E-state index >= 15 is 0 Å². The molecule has 1 aliphatic carbocycles. The smallest absolute Gasteiger partial charge is 0.381 e. The van der Waals surface area contributed by atoms with Crippen LogP contribution in [0.3, 0.4) is 0 Å². The van der Waals surface area contributed by atoms with Crippen LogP contribution in [0.15, 0.2) is 41.2 Å². The fraction of sp³-hybridized carbons (Fsp3) is 0.316. The Balaban J connectivity index is 1.91. The summed E-state index contributed by atoms with van der Waals surface area (Å²) in [5, 5.41) is 3.60. The molecule has 1 aliphatic rings. The second kappa shape index (κ2) is 7.31. The molecule has 0 saturated heterocycles. The molecule has 1 aromatic carbocycles. The summed E-state index contributed by atoms with van der Waals surface area (Å²) in [6, 6.07) is 8.48. The Morgan fingerprint density at radius 3 is 2.55 bits per heavy atom. The summed E-state index contributed by atoms with van der Waals surface area (Å²) in [7, 11) is 1.61. The van der Waals surface area contributed by atoms with Crippen LogP contribution in [-0.4, -0.2) is 33.8 Å². The Labute approximate surface area is 168 Å². The number of alkyl halides is 3. The first-order chi connectivity index (χ1) is 13.8. The third-order valence-electron chi connectivity index (χ3n) is 4.89. The van der Waals surface area contributed by atoms with Gasteiger partial charge < -0.3 is 10.1 Å². The van der Waals surface area contributed by atoms with Crippen LogP contribution in [0.2, 0.25) is 5.02 Å². The highest BCUT2D eigenvalue weighted by Gasteiger charge is 2.34. The quantitative estimate of drug-likeness (QED) is 0.684. The summed E-state index contributed by atoms with van der Waals surface area (Å²) in [5.74, 6) is 0.189. The van der Waals surface area contributed by atoms with E-state index in [4.69, 9.17) is 16.3 Å². The monoisotopic (exact) mass is 424 g/mol. The molecule has 1 fully saturated rings. The molecule has 1 N–H and O–H groups in total. The van der Waals surface area contributed by atoms with Gasteiger partial charge in [-0.3, -0.25) is 0 Å². The molecule has 152 valence electrons. The van der Waals surface area contributed by atoms with Crippen LogP contribution in [0.25, 0.3) is 16.7 Å². The van der Waals surface area contributed by atoms with Gasteiger partial charge in [-0.1, -0.05) is 23.7 Å². The van der Waals surface area contributed by atoms with Crippen LogP contribution in [0.1, 0.15) is 18.5 Å². The number of benzene rings is 1. The number of aromatic nitrogens is 3. The zero-order valence-electron chi connectivity index (χ0n) is 15.2. The van der Waals surface area contributed by atoms with Gasteiger partial charge >= 0.3 is 11.9 Å². The van der Waals surface area contributed by atoms with Gasteiger partial charge in [0.15, 0.2) is 5.65 Å². The Kier molecular flexibility index (Phi) is 4.95. The Morgan fingerprint density at radius 1 is 1.17 bits per heavy atom. The Morgan fingerprint density at radius 2 is 1.90 bits per heavy atom. The lowest BCUT2D eigenvalue weighted by Crippen LogP contribution is -2.41. The minimum atomic E-state index is -4.66. The second-order valence-corrected chi connectivity index (χ2v) is 7.17. The van der Waals surface area contributed by atoms with Crippen molar-refractivity contribution in [1.82, 2.24) is 14.5 Å². The molecular weight excluding hydrogens is 409 g/mol. The molecule has 0 unspecified atom stereocenters. The van der Waals surface area contributed by atoms with Gasteiger partial charge in [-0.15, -0.1) is 0 Å². The van der Waals surface area contributed by atoms with E-state index in [0.29, 0.717) is 18.2 Å². The van der Waals surface area contributed by atoms with Gasteiger partial charge in [-0.2, -0.15) is 18.2 Å². The zero-order chi connectivity index (χ0) is 20.8. The van der Waals surface area contributed by atoms with E-state index in [1.165, 1.54) is 18.2 Å². The largest absolute Gasteiger partial charge is 0.433 e. The number of nitrogens with zero attached hydrogens (tertiary/aromatic N) is 3. The van der Waals surface area contributed by atoms with Gasteiger partial charge in [-0.05, 0) is 37.1 Å². The summed E-state index contributed by atoms with van der Waals surface area (Å²) in [6.07, 6.45) is -3.13. The number of pyridine rings is 1. The van der Waals surface area contributed by atoms with E-state index in [-0.39, 0.29) is 34.3 Å². The van der Waals surface area contributed by atoms with Crippen molar-refractivity contribution in [2.75, 3.05) is 12.4 Å². The average molecular weight is 425 g/mol. The average Bonchev–Trinajstić information content (AvgIpc) is 2.64. The molecule has 0 spiro atoms. The number of halogens is 4. The SMILES string of the molecule is COC1CC(Nc2nc(=O)n(-c3ccccc3Cl)c3nc(C(F)(F)F)ccc23)C1. The van der Waals surface area contributed by atoms with Gasteiger partial charge in [0.1, 0.15) is 11.5 Å². The molecule has 2 heterocycles. The molecule has 4 rings (SSSR count). The summed E-state index contributed by atoms with van der Waals surface area (Å²) in [4.78, 5) is 20.6. The van der Waals surface area contributed by atoms with Gasteiger partial charge in [0.2, 0.25) is 0 Å². The standard InChI is InChI=1S/C19H16ClF3N4O2/c1-29-11-8-10(9-11)24-16-12-6-7-15(19(21,22)23)25-17(12)27(18(28)26-16)14-5-3-2-4-13(14)20/h2-7,10-11H,8-9H2,1H3,(H,24,26,28). The highest BCUT2D eigenvalue weighted by Crippen LogP contribution is 2.33. The first-order valence-corrected chi connectivity index (χ1v) is 9.21. The summed E-state index contributed by atoms with van der Waals surface area (Å²) in [6.45, 7) is 0. The molecule has 0 bridgehead atoms. The molecule has 0 amide bonds. The predicted molar refractivity (Wildman–Crippen MR) is 103 cm³/mol. The first kappa shape index (κ1) is 19.7. The summed E-state index contributed by atoms with van der Waals surface area (Å²) in [5.41, 5.74) is -1.84. The van der Waals surface area contributed by atoms with Crippen molar-refractivity contribution in [3.8, 4) is 5.69 Å². The van der Waals surface area contributed by atoms with Gasteiger partial charge in [0, 0.05) is 13.2 Å². The first-order valence-electron chi connectivity index (χ1n) is 8.83. The van der Waals surface area contributed by atoms with Crippen molar-refractivity contribution >= 4 is 28.5 Å². The van der Waals surface area contributed by atoms with Crippen LogP contribution in [0.4, 0.5) is 19.0 Å². The van der Waals surface area contributed by atoms with Crippen LogP contribution < -0.4 is 11.0 Å². The number of methoxy groups -OCH3 is 1. The van der Waals surface area contributed by atoms with Crippen LogP contribution in [0.5, 0.6) is 0 Å². The molecule has 0 aliphatic heterocycles. The van der Waals surface area contributed by atoms with Crippen LogP contribution in [0, 0.1) is 0 Å². The van der Waals surface area contributed by atoms with Crippen molar-refractivity contribution in [2.24, 2.45) is 0 Å². The number of para-hydroxylation sites is 1. The molecule has 0 atom stereocenters. The second-order valence-electron chi connectivity index (χ2n) is 6.77. The Bertz CT molecular complexity index is 1130. The maximum absolute atomic E-state index is 13.3. The molecule has 10 heteroatoms. The lowest BCUT2D eigenvalue weighted by Gasteiger charge is -2.35. The Hall–Kier alpha value is -2.65. The zero-order valence-corrected chi connectivity index (χ0v) is 16.0. The number of ether oxygens (including phenoxy) is 1. The third kappa shape index (κ3) is 3.67. The predicted octanol–water partition coefficient (Wildman–Crippen LogP) is 4.04. The number of hydrogen-bond acceptors (Lipinski definition) is 5. The van der Waals surface area contributed by atoms with Crippen molar-refractivity contribution in [3.05, 3.63) is 57.6 Å². The summed E-state index contributed by atoms with van der Waals surface area (Å²) >= 11 is 6.18. The van der Waals surface area contributed by atoms with Crippen molar-refractivity contribution in [3.63, 3.8) is 0 Å². The minimum Gasteiger partial charge on any atom is -0.381 e. The fourth-order valence-electron chi connectivity index (χ4n) is 3.29. The molecule has 6 nitrogen and oxygen atoms in total. The number of nitrogens with one attached hydrogen (secondary N) is 1. The van der Waals surface area contributed by atoms with E-state index in [1.807, 2.05) is 0 Å². The maximum Gasteiger partial charge on any atom is 0.433 e. The maximum atomic E-state index is 13.3. The van der Waals surface area contributed by atoms with Gasteiger partial charge in [0.05, 0.1) is 22.2 Å². The van der Waals surface area contributed by atoms with Crippen molar-refractivity contribution in [1.29, 1.82) is 0 Å². The van der Waals surface area contributed by atoms with Crippen molar-refractivity contribution < 1.29 is 17.9 Å². The van der Waals surface area contributed by atoms with E-state index in [2.05, 4.69) is 15.3 Å². The highest BCUT2D eigenvalue weighted by molar-refractivity contribution is 6.32. The van der Waals surface area contributed by atoms with E-state index in [0.717, 1.165) is 10.6 Å². The molecule has 2 aromatic heterocycles. The van der Waals surface area contributed by atoms with Crippen molar-refractivity contribution in [2.45, 2.75) is 31.2 Å². The molecule has 29 heavy (non-hydrogen) atoms. The topological polar surface area (TPSA) is 69.0 Å². The highest BCUT2D eigenvalue weighted by atomic mass is 35.5. The lowest BCUT2D eigenvalue weighted by molar-refractivity contribution is -0.141. The number of hydrogen-bond donors (Lipinski definition) is 1. The molecule has 3 aromatic rings. The lowest BCUT2D eigenvalue weighted by atomic mass is 9.89. The third-order valence-corrected chi connectivity index (χ3v) is 5.21. The minimum absolute atomic E-state index is 0.00788. The van der Waals surface area contributed by atoms with Crippen LogP contribution in [-0.2, 0) is 10.9 Å². The molecule has 0 radical (unpaired) electrons. The molecular formula is C19H16ClF3N4O2. The van der Waals surface area contributed by atoms with E-state index < -0.39 is 17.6 Å². The van der Waals surface area contributed by atoms with E-state index in [1.54, 1.807) is 19.2 Å². The van der Waals surface area contributed by atoms with Gasteiger partial charge in [-0.25, -0.2) is 14.3 Å². The fourth-order valence-corrected chi connectivity index (χ4v) is 3.51. The van der Waals surface area contributed by atoms with Gasteiger partial charge in [0.25, 0.3) is 0 Å². The number of rotatable bonds is 4. The number of fused-ring (bicyclic) bond motifs is 1. The van der Waals surface area contributed by atoms with E-state index in [9.17, 15) is 18.0 Å².